The second-order valence-corrected chi connectivity index (χ2v) is 5.52. The molecule has 0 bridgehead atoms. The number of halogens is 2. The van der Waals surface area contributed by atoms with Crippen LogP contribution < -0.4 is 0 Å². The number of benzene rings is 2. The lowest BCUT2D eigenvalue weighted by Gasteiger charge is -2.17. The monoisotopic (exact) mass is 302 g/mol. The quantitative estimate of drug-likeness (QED) is 0.634. The summed E-state index contributed by atoms with van der Waals surface area (Å²) in [7, 11) is 0. The molecule has 4 heteroatoms. The average Bonchev–Trinajstić information content (AvgIpc) is 2.83. The number of aromatic nitrogens is 2. The molecule has 1 atom stereocenters. The van der Waals surface area contributed by atoms with E-state index in [0.717, 1.165) is 28.0 Å². The lowest BCUT2D eigenvalue weighted by Crippen LogP contribution is -2.10. The standard InChI is InChI=1S/C17H16ClFN2/c1-11-6-7-16-15(8-11)20-17(10-18)21(16)12(2)13-4-3-5-14(19)9-13/h3-9,12H,10H2,1-2H3. The third kappa shape index (κ3) is 2.54. The molecule has 0 N–H and O–H groups in total. The largest absolute Gasteiger partial charge is 0.320 e. The summed E-state index contributed by atoms with van der Waals surface area (Å²) in [5.41, 5.74) is 4.01. The van der Waals surface area contributed by atoms with Crippen molar-refractivity contribution >= 4 is 22.6 Å². The number of fused-ring (bicyclic) bond motifs is 1. The molecule has 3 aromatic rings. The van der Waals surface area contributed by atoms with E-state index in [1.54, 1.807) is 12.1 Å². The molecule has 0 saturated heterocycles. The lowest BCUT2D eigenvalue weighted by atomic mass is 10.1. The first kappa shape index (κ1) is 14.1. The van der Waals surface area contributed by atoms with E-state index in [-0.39, 0.29) is 11.9 Å². The van der Waals surface area contributed by atoms with Gasteiger partial charge in [-0.1, -0.05) is 18.2 Å². The molecule has 2 nitrogen and oxygen atoms in total. The molecule has 0 amide bonds. The molecule has 0 saturated carbocycles. The van der Waals surface area contributed by atoms with Crippen LogP contribution in [-0.2, 0) is 5.88 Å². The minimum absolute atomic E-state index is 0.0258. The van der Waals surface area contributed by atoms with E-state index in [9.17, 15) is 4.39 Å². The normalized spacial score (nSPS) is 12.8. The van der Waals surface area contributed by atoms with Gasteiger partial charge >= 0.3 is 0 Å². The van der Waals surface area contributed by atoms with Crippen LogP contribution in [0.4, 0.5) is 4.39 Å². The van der Waals surface area contributed by atoms with E-state index in [2.05, 4.69) is 15.6 Å². The minimum atomic E-state index is -0.230. The van der Waals surface area contributed by atoms with Gasteiger partial charge < -0.3 is 4.57 Å². The van der Waals surface area contributed by atoms with Crippen molar-refractivity contribution in [2.75, 3.05) is 0 Å². The molecule has 0 radical (unpaired) electrons. The van der Waals surface area contributed by atoms with Crippen LogP contribution in [0.2, 0.25) is 0 Å². The van der Waals surface area contributed by atoms with Gasteiger partial charge in [-0.2, -0.15) is 0 Å². The summed E-state index contributed by atoms with van der Waals surface area (Å²) in [5, 5.41) is 0. The summed E-state index contributed by atoms with van der Waals surface area (Å²) in [6.45, 7) is 4.07. The van der Waals surface area contributed by atoms with Gasteiger partial charge in [-0.05, 0) is 49.2 Å². The molecule has 0 spiro atoms. The van der Waals surface area contributed by atoms with E-state index < -0.39 is 0 Å². The van der Waals surface area contributed by atoms with Gasteiger partial charge in [0.25, 0.3) is 0 Å². The predicted octanol–water partition coefficient (Wildman–Crippen LogP) is 4.83. The highest BCUT2D eigenvalue weighted by Gasteiger charge is 2.17. The van der Waals surface area contributed by atoms with Gasteiger partial charge in [-0.3, -0.25) is 0 Å². The van der Waals surface area contributed by atoms with Gasteiger partial charge in [-0.25, -0.2) is 9.37 Å². The fourth-order valence-electron chi connectivity index (χ4n) is 2.70. The lowest BCUT2D eigenvalue weighted by molar-refractivity contribution is 0.603. The third-order valence-corrected chi connectivity index (χ3v) is 3.99. The molecule has 21 heavy (non-hydrogen) atoms. The van der Waals surface area contributed by atoms with Crippen LogP contribution in [0.15, 0.2) is 42.5 Å². The molecule has 1 heterocycles. The van der Waals surface area contributed by atoms with Crippen molar-refractivity contribution in [1.29, 1.82) is 0 Å². The first-order valence-electron chi connectivity index (χ1n) is 6.89. The van der Waals surface area contributed by atoms with Crippen LogP contribution in [0.1, 0.15) is 29.9 Å². The Balaban J connectivity index is 2.18. The molecule has 0 aliphatic heterocycles. The fourth-order valence-corrected chi connectivity index (χ4v) is 2.89. The summed E-state index contributed by atoms with van der Waals surface area (Å²) >= 11 is 6.05. The van der Waals surface area contributed by atoms with Crippen LogP contribution in [-0.4, -0.2) is 9.55 Å². The van der Waals surface area contributed by atoms with E-state index in [1.165, 1.54) is 6.07 Å². The van der Waals surface area contributed by atoms with Crippen molar-refractivity contribution in [2.24, 2.45) is 0 Å². The van der Waals surface area contributed by atoms with Gasteiger partial charge in [-0.15, -0.1) is 11.6 Å². The molecular formula is C17H16ClFN2. The van der Waals surface area contributed by atoms with Gasteiger partial charge in [0.15, 0.2) is 0 Å². The zero-order chi connectivity index (χ0) is 15.0. The molecule has 2 aromatic carbocycles. The summed E-state index contributed by atoms with van der Waals surface area (Å²) in [5.74, 6) is 0.897. The predicted molar refractivity (Wildman–Crippen MR) is 84.2 cm³/mol. The first-order chi connectivity index (χ1) is 10.1. The SMILES string of the molecule is Cc1ccc2c(c1)nc(CCl)n2C(C)c1cccc(F)c1. The van der Waals surface area contributed by atoms with E-state index >= 15 is 0 Å². The van der Waals surface area contributed by atoms with Gasteiger partial charge in [0.05, 0.1) is 23.0 Å². The van der Waals surface area contributed by atoms with Crippen LogP contribution >= 0.6 is 11.6 Å². The Bertz CT molecular complexity index is 795. The molecule has 0 aliphatic carbocycles. The zero-order valence-corrected chi connectivity index (χ0v) is 12.7. The topological polar surface area (TPSA) is 17.8 Å². The fraction of sp³-hybridized carbons (Fsp3) is 0.235. The van der Waals surface area contributed by atoms with Crippen LogP contribution in [0, 0.1) is 12.7 Å². The Morgan fingerprint density at radius 1 is 1.24 bits per heavy atom. The van der Waals surface area contributed by atoms with Gasteiger partial charge in [0.2, 0.25) is 0 Å². The first-order valence-corrected chi connectivity index (χ1v) is 7.42. The van der Waals surface area contributed by atoms with E-state index in [4.69, 9.17) is 11.6 Å². The zero-order valence-electron chi connectivity index (χ0n) is 12.0. The molecule has 1 unspecified atom stereocenters. The highest BCUT2D eigenvalue weighted by atomic mass is 35.5. The second-order valence-electron chi connectivity index (χ2n) is 5.25. The van der Waals surface area contributed by atoms with E-state index in [0.29, 0.717) is 5.88 Å². The maximum absolute atomic E-state index is 13.5. The van der Waals surface area contributed by atoms with Crippen molar-refractivity contribution in [3.8, 4) is 0 Å². The van der Waals surface area contributed by atoms with Gasteiger partial charge in [0.1, 0.15) is 11.6 Å². The molecular weight excluding hydrogens is 287 g/mol. The number of nitrogens with zero attached hydrogens (tertiary/aromatic N) is 2. The van der Waals surface area contributed by atoms with Crippen molar-refractivity contribution in [3.63, 3.8) is 0 Å². The molecule has 1 aromatic heterocycles. The van der Waals surface area contributed by atoms with Crippen molar-refractivity contribution in [3.05, 3.63) is 65.2 Å². The summed E-state index contributed by atoms with van der Waals surface area (Å²) in [6.07, 6.45) is 0. The maximum Gasteiger partial charge on any atom is 0.125 e. The minimum Gasteiger partial charge on any atom is -0.320 e. The summed E-state index contributed by atoms with van der Waals surface area (Å²) in [4.78, 5) is 4.60. The molecule has 108 valence electrons. The van der Waals surface area contributed by atoms with Crippen molar-refractivity contribution < 1.29 is 4.39 Å². The smallest absolute Gasteiger partial charge is 0.125 e. The summed E-state index contributed by atoms with van der Waals surface area (Å²) in [6, 6.07) is 12.8. The Hall–Kier alpha value is -1.87. The van der Waals surface area contributed by atoms with Crippen LogP contribution in [0.3, 0.4) is 0 Å². The van der Waals surface area contributed by atoms with Crippen LogP contribution in [0.25, 0.3) is 11.0 Å². The highest BCUT2D eigenvalue weighted by Crippen LogP contribution is 2.27. The number of hydrogen-bond donors (Lipinski definition) is 0. The third-order valence-electron chi connectivity index (χ3n) is 3.76. The van der Waals surface area contributed by atoms with Crippen molar-refractivity contribution in [2.45, 2.75) is 25.8 Å². The van der Waals surface area contributed by atoms with E-state index in [1.807, 2.05) is 32.0 Å². The number of rotatable bonds is 3. The Labute approximate surface area is 128 Å². The number of aryl methyl sites for hydroxylation is 1. The number of imidazole rings is 1. The van der Waals surface area contributed by atoms with Gasteiger partial charge in [0, 0.05) is 0 Å². The number of alkyl halides is 1. The summed E-state index contributed by atoms with van der Waals surface area (Å²) < 4.78 is 15.5. The van der Waals surface area contributed by atoms with Crippen LogP contribution in [0.5, 0.6) is 0 Å². The second kappa shape index (κ2) is 5.49. The number of hydrogen-bond acceptors (Lipinski definition) is 1. The highest BCUT2D eigenvalue weighted by molar-refractivity contribution is 6.16. The molecule has 3 rings (SSSR count). The Morgan fingerprint density at radius 3 is 2.76 bits per heavy atom. The maximum atomic E-state index is 13.5. The average molecular weight is 303 g/mol. The van der Waals surface area contributed by atoms with Crippen molar-refractivity contribution in [1.82, 2.24) is 9.55 Å². The molecule has 0 aliphatic rings. The molecule has 0 fully saturated rings. The Morgan fingerprint density at radius 2 is 2.05 bits per heavy atom. The Kier molecular flexibility index (Phi) is 3.68.